The molecule has 0 aliphatic carbocycles. The molecule has 0 radical (unpaired) electrons. The van der Waals surface area contributed by atoms with E-state index in [9.17, 15) is 9.90 Å². The first kappa shape index (κ1) is 32.7. The number of carbonyl (C=O) groups excluding carboxylic acids is 1. The minimum Gasteiger partial charge on any atom is -1.00 e. The molecule has 21 heavy (non-hydrogen) atoms. The fourth-order valence-corrected chi connectivity index (χ4v) is 0.686. The molecule has 0 aromatic carbocycles. The second-order valence-electron chi connectivity index (χ2n) is 4.42. The minimum absolute atomic E-state index is 0. The van der Waals surface area contributed by atoms with Crippen molar-refractivity contribution in [1.82, 2.24) is 9.80 Å². The summed E-state index contributed by atoms with van der Waals surface area (Å²) in [5.41, 5.74) is 0. The van der Waals surface area contributed by atoms with Gasteiger partial charge in [0.05, 0.1) is 13.2 Å². The third-order valence-electron chi connectivity index (χ3n) is 1.50. The molecule has 0 saturated carbocycles. The maximum Gasteiger partial charge on any atom is 2.00 e. The van der Waals surface area contributed by atoms with Crippen molar-refractivity contribution in [1.29, 1.82) is 0 Å². The molecule has 0 aliphatic rings. The number of allylic oxidation sites excluding steroid dienone is 2. The molecule has 0 spiro atoms. The van der Waals surface area contributed by atoms with Crippen LogP contribution in [0.3, 0.4) is 0 Å². The van der Waals surface area contributed by atoms with Gasteiger partial charge in [-0.15, -0.1) is 5.76 Å². The van der Waals surface area contributed by atoms with Crippen molar-refractivity contribution in [3.8, 4) is 0 Å². The molecule has 132 valence electrons. The average molecular weight is 372 g/mol. The molecule has 0 saturated heterocycles. The van der Waals surface area contributed by atoms with E-state index in [1.165, 1.54) is 13.8 Å². The quantitative estimate of drug-likeness (QED) is 0.290. The summed E-state index contributed by atoms with van der Waals surface area (Å²) in [5, 5.41) is 26.4. The Kier molecular flexibility index (Phi) is 38.6. The number of halogens is 1. The van der Waals surface area contributed by atoms with Crippen LogP contribution in [0.2, 0.25) is 0 Å². The van der Waals surface area contributed by atoms with E-state index in [4.69, 9.17) is 10.2 Å². The summed E-state index contributed by atoms with van der Waals surface area (Å²) in [6.07, 6.45) is 1.06. The number of ketones is 1. The van der Waals surface area contributed by atoms with Crippen molar-refractivity contribution in [2.24, 2.45) is 0 Å². The Hall–Kier alpha value is -0.166. The van der Waals surface area contributed by atoms with Crippen LogP contribution in [0.15, 0.2) is 11.8 Å². The molecule has 0 unspecified atom stereocenters. The molecule has 0 atom stereocenters. The van der Waals surface area contributed by atoms with Crippen LogP contribution in [0.1, 0.15) is 13.8 Å². The Labute approximate surface area is 145 Å². The number of hydrogen-bond acceptors (Lipinski definition) is 6. The van der Waals surface area contributed by atoms with Gasteiger partial charge < -0.3 is 37.5 Å². The van der Waals surface area contributed by atoms with Gasteiger partial charge in [-0.2, -0.15) is 0 Å². The fourth-order valence-electron chi connectivity index (χ4n) is 0.686. The number of hydrogen-bond donors (Lipinski definition) is 2. The number of aliphatic hydroxyl groups excluding tert-OH is 2. The summed E-state index contributed by atoms with van der Waals surface area (Å²) in [6.45, 7) is 4.74. The normalized spacial score (nSPS) is 9.52. The second kappa shape index (κ2) is 24.8. The standard InChI is InChI=1S/C5H8O2.2C4H11NO.ClH.Ni/c1-4(6)3-5(2)7;2*1-5(2)3-4-6;;/h3,6H,1-2H3;2*6H,3-4H2,1-2H3;1H;/q;;;;+2/p-2/b4-3-;;;;. The van der Waals surface area contributed by atoms with Gasteiger partial charge >= 0.3 is 16.5 Å². The van der Waals surface area contributed by atoms with Crippen LogP contribution in [-0.2, 0) is 21.3 Å². The monoisotopic (exact) mass is 370 g/mol. The van der Waals surface area contributed by atoms with E-state index in [1.807, 2.05) is 38.0 Å². The first-order chi connectivity index (χ1) is 8.67. The number of aliphatic hydroxyl groups is 2. The van der Waals surface area contributed by atoms with Crippen molar-refractivity contribution in [2.45, 2.75) is 13.8 Å². The van der Waals surface area contributed by atoms with Gasteiger partial charge in [0.1, 0.15) is 0 Å². The number of nitrogens with zero attached hydrogens (tertiary/aromatic N) is 2. The second-order valence-corrected chi connectivity index (χ2v) is 4.42. The van der Waals surface area contributed by atoms with Gasteiger partial charge in [0.25, 0.3) is 0 Å². The summed E-state index contributed by atoms with van der Waals surface area (Å²) in [4.78, 5) is 13.8. The van der Waals surface area contributed by atoms with E-state index >= 15 is 0 Å². The predicted molar refractivity (Wildman–Crippen MR) is 75.7 cm³/mol. The Balaban J connectivity index is -0.0000000584. The maximum atomic E-state index is 9.98. The van der Waals surface area contributed by atoms with Crippen molar-refractivity contribution in [2.75, 3.05) is 54.5 Å². The Bertz CT molecular complexity index is 226. The van der Waals surface area contributed by atoms with E-state index in [1.54, 1.807) is 0 Å². The zero-order chi connectivity index (χ0) is 15.8. The van der Waals surface area contributed by atoms with Gasteiger partial charge in [0, 0.05) is 13.1 Å². The van der Waals surface area contributed by atoms with Crippen molar-refractivity contribution in [3.05, 3.63) is 11.8 Å². The Morgan fingerprint density at radius 2 is 1.29 bits per heavy atom. The first-order valence-electron chi connectivity index (χ1n) is 6.04. The molecule has 0 bridgehead atoms. The molecule has 8 heteroatoms. The smallest absolute Gasteiger partial charge is 1.00 e. The molecular weight excluding hydrogens is 342 g/mol. The van der Waals surface area contributed by atoms with E-state index in [2.05, 4.69) is 0 Å². The van der Waals surface area contributed by atoms with Gasteiger partial charge in [-0.3, -0.25) is 4.79 Å². The molecule has 0 rings (SSSR count). The van der Waals surface area contributed by atoms with Gasteiger partial charge in [-0.05, 0) is 41.2 Å². The number of carbonyl (C=O) groups is 1. The topological polar surface area (TPSA) is 87.1 Å². The van der Waals surface area contributed by atoms with E-state index < -0.39 is 0 Å². The molecule has 0 aliphatic heterocycles. The first-order valence-corrected chi connectivity index (χ1v) is 6.04. The van der Waals surface area contributed by atoms with Crippen molar-refractivity contribution in [3.63, 3.8) is 0 Å². The van der Waals surface area contributed by atoms with Crippen molar-refractivity contribution < 1.29 is 49.0 Å². The van der Waals surface area contributed by atoms with Crippen molar-refractivity contribution >= 4 is 5.78 Å². The molecule has 2 N–H and O–H groups in total. The van der Waals surface area contributed by atoms with Crippen LogP contribution >= 0.6 is 0 Å². The fraction of sp³-hybridized carbons (Fsp3) is 0.769. The minimum atomic E-state index is -0.187. The Morgan fingerprint density at radius 3 is 1.29 bits per heavy atom. The van der Waals surface area contributed by atoms with Gasteiger partial charge in [0.2, 0.25) is 0 Å². The van der Waals surface area contributed by atoms with E-state index in [0.29, 0.717) is 0 Å². The van der Waals surface area contributed by atoms with Crippen LogP contribution in [0.5, 0.6) is 0 Å². The third-order valence-corrected chi connectivity index (χ3v) is 1.50. The van der Waals surface area contributed by atoms with E-state index in [0.717, 1.165) is 19.2 Å². The van der Waals surface area contributed by atoms with Crippen LogP contribution in [0.25, 0.3) is 0 Å². The summed E-state index contributed by atoms with van der Waals surface area (Å²) in [7, 11) is 7.71. The summed E-state index contributed by atoms with van der Waals surface area (Å²) in [5.74, 6) is -0.375. The summed E-state index contributed by atoms with van der Waals surface area (Å²) < 4.78 is 0. The molecular formula is C13H29ClN2NiO4. The third kappa shape index (κ3) is 65.2. The van der Waals surface area contributed by atoms with Gasteiger partial charge in [-0.1, -0.05) is 6.92 Å². The number of rotatable bonds is 5. The number of likely N-dealkylation sites (N-methyl/N-ethyl adjacent to an activating group) is 2. The van der Waals surface area contributed by atoms with Crippen LogP contribution in [0.4, 0.5) is 0 Å². The molecule has 6 nitrogen and oxygen atoms in total. The molecule has 0 aromatic heterocycles. The molecule has 0 amide bonds. The predicted octanol–water partition coefficient (Wildman–Crippen LogP) is -4.08. The van der Waals surface area contributed by atoms with Crippen LogP contribution in [0, 0.1) is 0 Å². The summed E-state index contributed by atoms with van der Waals surface area (Å²) >= 11 is 0. The van der Waals surface area contributed by atoms with Gasteiger partial charge in [-0.25, -0.2) is 0 Å². The molecule has 0 aromatic rings. The molecule has 0 heterocycles. The average Bonchev–Trinajstić information content (AvgIpc) is 2.15. The Morgan fingerprint density at radius 1 is 1.00 bits per heavy atom. The van der Waals surface area contributed by atoms with Crippen LogP contribution in [-0.4, -0.2) is 80.3 Å². The molecule has 0 fully saturated rings. The van der Waals surface area contributed by atoms with E-state index in [-0.39, 0.29) is 53.7 Å². The zero-order valence-electron chi connectivity index (χ0n) is 13.7. The van der Waals surface area contributed by atoms with Gasteiger partial charge in [0.15, 0.2) is 5.78 Å². The SMILES string of the molecule is CC(=O)/C=C(/C)[O-].CN(C)CCO.CN(C)CCO.[Cl-].[Ni+2]. The van der Waals surface area contributed by atoms with Crippen LogP contribution < -0.4 is 17.5 Å². The maximum absolute atomic E-state index is 9.98. The zero-order valence-corrected chi connectivity index (χ0v) is 15.4. The summed E-state index contributed by atoms with van der Waals surface area (Å²) in [6, 6.07) is 0. The largest absolute Gasteiger partial charge is 2.00 e.